The summed E-state index contributed by atoms with van der Waals surface area (Å²) in [7, 11) is 0. The van der Waals surface area contributed by atoms with Gasteiger partial charge in [-0.15, -0.1) is 0 Å². The van der Waals surface area contributed by atoms with Crippen molar-refractivity contribution >= 4 is 38.6 Å². The zero-order chi connectivity index (χ0) is 49.4. The molecule has 0 unspecified atom stereocenters. The summed E-state index contributed by atoms with van der Waals surface area (Å²) in [6, 6.07) is 93.9. The van der Waals surface area contributed by atoms with Gasteiger partial charge in [0.1, 0.15) is 11.5 Å². The Balaban J connectivity index is 0.967. The van der Waals surface area contributed by atoms with E-state index in [4.69, 9.17) is 4.74 Å². The van der Waals surface area contributed by atoms with E-state index in [0.717, 1.165) is 61.2 Å². The normalized spacial score (nSPS) is 15.2. The largest absolute Gasteiger partial charge is 0.455 e. The minimum Gasteiger partial charge on any atom is -0.455 e. The predicted molar refractivity (Wildman–Crippen MR) is 307 cm³/mol. The molecule has 0 atom stereocenters. The fourth-order valence-corrected chi connectivity index (χ4v) is 15.1. The molecule has 350 valence electrons. The van der Waals surface area contributed by atoms with Crippen molar-refractivity contribution < 1.29 is 4.74 Å². The third kappa shape index (κ3) is 5.00. The molecule has 2 spiro atoms. The van der Waals surface area contributed by atoms with Crippen molar-refractivity contribution in [1.29, 1.82) is 0 Å². The number of hydrogen-bond donors (Lipinski definition) is 0. The van der Waals surface area contributed by atoms with Crippen LogP contribution in [0.1, 0.15) is 69.5 Å². The Kier molecular flexibility index (Phi) is 7.97. The van der Waals surface area contributed by atoms with E-state index in [0.29, 0.717) is 0 Å². The minimum absolute atomic E-state index is 0.198. The third-order valence-corrected chi connectivity index (χ3v) is 18.1. The van der Waals surface area contributed by atoms with Gasteiger partial charge < -0.3 is 9.64 Å². The van der Waals surface area contributed by atoms with Crippen LogP contribution >= 0.6 is 0 Å². The molecule has 0 radical (unpaired) electrons. The highest BCUT2D eigenvalue weighted by atomic mass is 16.5. The molecule has 2 heteroatoms. The molecule has 1 aliphatic heterocycles. The Labute approximate surface area is 436 Å². The van der Waals surface area contributed by atoms with E-state index < -0.39 is 10.8 Å². The topological polar surface area (TPSA) is 12.5 Å². The molecule has 17 rings (SSSR count). The van der Waals surface area contributed by atoms with Gasteiger partial charge in [-0.25, -0.2) is 0 Å². The van der Waals surface area contributed by atoms with E-state index >= 15 is 0 Å². The number of nitrogens with zero attached hydrogens (tertiary/aromatic N) is 1. The summed E-state index contributed by atoms with van der Waals surface area (Å²) >= 11 is 0. The average Bonchev–Trinajstić information content (AvgIpc) is 4.34. The van der Waals surface area contributed by atoms with Crippen molar-refractivity contribution in [2.24, 2.45) is 0 Å². The predicted octanol–water partition coefficient (Wildman–Crippen LogP) is 18.6. The van der Waals surface area contributed by atoms with Crippen LogP contribution in [0.4, 0.5) is 17.1 Å². The first-order valence-corrected chi connectivity index (χ1v) is 26.4. The highest BCUT2D eigenvalue weighted by molar-refractivity contribution is 6.04. The number of hydrogen-bond acceptors (Lipinski definition) is 2. The summed E-state index contributed by atoms with van der Waals surface area (Å²) in [5, 5.41) is 4.55. The minimum atomic E-state index is -0.696. The molecule has 0 bridgehead atoms. The van der Waals surface area contributed by atoms with Crippen molar-refractivity contribution in [2.75, 3.05) is 4.90 Å². The standard InChI is InChI=1S/C73H47NO/c1-71(2)57-27-12-7-22-50(57)54-38-36-47(43-66(54)71)74(46-37-41-62-56(42-46)53-25-10-15-30-60(53)72(62)58-28-13-8-23-51(58)52-24-9-14-29-59(52)72)67-33-17-32-63-68(67)55-26-11-16-31-61(55)73(63)64-39-34-44-18-3-5-20-48(44)69(64)75-70-49-21-6-4-19-45(49)35-40-65(70)73/h3-43H,1-2H3. The van der Waals surface area contributed by atoms with E-state index in [1.165, 1.54) is 89.0 Å². The van der Waals surface area contributed by atoms with Crippen molar-refractivity contribution in [3.63, 3.8) is 0 Å². The zero-order valence-electron chi connectivity index (χ0n) is 41.5. The van der Waals surface area contributed by atoms with Gasteiger partial charge in [0.2, 0.25) is 0 Å². The summed E-state index contributed by atoms with van der Waals surface area (Å²) < 4.78 is 7.37. The van der Waals surface area contributed by atoms with Gasteiger partial charge in [0.05, 0.1) is 16.5 Å². The maximum Gasteiger partial charge on any atom is 0.140 e. The maximum atomic E-state index is 7.37. The molecule has 2 nitrogen and oxygen atoms in total. The molecule has 0 aromatic heterocycles. The van der Waals surface area contributed by atoms with Gasteiger partial charge in [-0.3, -0.25) is 0 Å². The molecule has 12 aromatic rings. The van der Waals surface area contributed by atoms with Crippen molar-refractivity contribution in [1.82, 2.24) is 0 Å². The Morgan fingerprint density at radius 2 is 0.707 bits per heavy atom. The number of benzene rings is 12. The highest BCUT2D eigenvalue weighted by Gasteiger charge is 2.54. The summed E-state index contributed by atoms with van der Waals surface area (Å²) in [6.07, 6.45) is 0. The van der Waals surface area contributed by atoms with Gasteiger partial charge >= 0.3 is 0 Å². The lowest BCUT2D eigenvalue weighted by molar-refractivity contribution is 0.447. The molecule has 0 amide bonds. The quantitative estimate of drug-likeness (QED) is 0.175. The second-order valence-electron chi connectivity index (χ2n) is 21.8. The summed E-state index contributed by atoms with van der Waals surface area (Å²) in [6.45, 7) is 4.78. The van der Waals surface area contributed by atoms with Crippen LogP contribution in [0, 0.1) is 0 Å². The maximum absolute atomic E-state index is 7.37. The lowest BCUT2D eigenvalue weighted by atomic mass is 9.65. The zero-order valence-corrected chi connectivity index (χ0v) is 41.5. The summed E-state index contributed by atoms with van der Waals surface area (Å²) in [5.74, 6) is 1.84. The van der Waals surface area contributed by atoms with Gasteiger partial charge in [0.15, 0.2) is 0 Å². The van der Waals surface area contributed by atoms with Crippen molar-refractivity contribution in [3.8, 4) is 56.0 Å². The average molecular weight is 954 g/mol. The lowest BCUT2D eigenvalue weighted by Gasteiger charge is -2.40. The van der Waals surface area contributed by atoms with Crippen molar-refractivity contribution in [3.05, 3.63) is 304 Å². The van der Waals surface area contributed by atoms with Gasteiger partial charge in [0.25, 0.3) is 0 Å². The van der Waals surface area contributed by atoms with Gasteiger partial charge in [-0.2, -0.15) is 0 Å². The fraction of sp³-hybridized carbons (Fsp3) is 0.0685. The van der Waals surface area contributed by atoms with Crippen LogP contribution < -0.4 is 9.64 Å². The Bertz CT molecular complexity index is 4380. The van der Waals surface area contributed by atoms with E-state index in [9.17, 15) is 0 Å². The number of anilines is 3. The highest BCUT2D eigenvalue weighted by Crippen LogP contribution is 2.67. The lowest BCUT2D eigenvalue weighted by Crippen LogP contribution is -2.32. The number of ether oxygens (including phenoxy) is 1. The monoisotopic (exact) mass is 953 g/mol. The molecular formula is C73H47NO. The van der Waals surface area contributed by atoms with Crippen LogP contribution in [0.15, 0.2) is 249 Å². The molecule has 0 N–H and O–H groups in total. The molecule has 1 heterocycles. The van der Waals surface area contributed by atoms with E-state index in [-0.39, 0.29) is 5.41 Å². The van der Waals surface area contributed by atoms with Crippen LogP contribution in [0.25, 0.3) is 66.1 Å². The van der Waals surface area contributed by atoms with Crippen LogP contribution in [-0.2, 0) is 16.2 Å². The first-order chi connectivity index (χ1) is 37.0. The third-order valence-electron chi connectivity index (χ3n) is 18.1. The molecule has 5 aliphatic rings. The summed E-state index contributed by atoms with van der Waals surface area (Å²) in [5.41, 5.74) is 25.2. The van der Waals surface area contributed by atoms with Crippen LogP contribution in [0.3, 0.4) is 0 Å². The smallest absolute Gasteiger partial charge is 0.140 e. The number of rotatable bonds is 3. The first-order valence-electron chi connectivity index (χ1n) is 26.4. The van der Waals surface area contributed by atoms with Gasteiger partial charge in [-0.05, 0) is 125 Å². The molecule has 4 aliphatic carbocycles. The molecule has 0 fully saturated rings. The fourth-order valence-electron chi connectivity index (χ4n) is 15.1. The van der Waals surface area contributed by atoms with Crippen LogP contribution in [-0.4, -0.2) is 0 Å². The van der Waals surface area contributed by atoms with E-state index in [2.05, 4.69) is 267 Å². The second kappa shape index (κ2) is 14.5. The molecule has 0 saturated carbocycles. The Morgan fingerprint density at radius 3 is 1.32 bits per heavy atom. The molecule has 75 heavy (non-hydrogen) atoms. The van der Waals surface area contributed by atoms with Gasteiger partial charge in [0, 0.05) is 44.3 Å². The second-order valence-corrected chi connectivity index (χ2v) is 21.8. The van der Waals surface area contributed by atoms with Crippen molar-refractivity contribution in [2.45, 2.75) is 30.1 Å². The van der Waals surface area contributed by atoms with Gasteiger partial charge in [-0.1, -0.05) is 232 Å². The number of fused-ring (bicyclic) bond motifs is 26. The van der Waals surface area contributed by atoms with Crippen LogP contribution in [0.2, 0.25) is 0 Å². The van der Waals surface area contributed by atoms with Crippen LogP contribution in [0.5, 0.6) is 11.5 Å². The van der Waals surface area contributed by atoms with E-state index in [1.807, 2.05) is 0 Å². The SMILES string of the molecule is CC1(C)c2ccccc2-c2ccc(N(c3ccc4c(c3)-c3ccccc3C43c4ccccc4-c4ccccc43)c3cccc4c3-c3ccccc3C43c4ccc5ccccc5c4Oc4c3ccc3ccccc43)cc21. The van der Waals surface area contributed by atoms with E-state index in [1.54, 1.807) is 0 Å². The molecule has 0 saturated heterocycles. The first kappa shape index (κ1) is 41.3. The molecular weight excluding hydrogens is 907 g/mol. The summed E-state index contributed by atoms with van der Waals surface area (Å²) in [4.78, 5) is 2.58. The molecule has 12 aromatic carbocycles. The Hall–Kier alpha value is -9.24. The Morgan fingerprint density at radius 1 is 0.293 bits per heavy atom.